The van der Waals surface area contributed by atoms with E-state index in [0.717, 1.165) is 51.6 Å². The Morgan fingerprint density at radius 3 is 1.68 bits per heavy atom. The van der Waals surface area contributed by atoms with Gasteiger partial charge >= 0.3 is 0 Å². The van der Waals surface area contributed by atoms with E-state index in [4.69, 9.17) is 18.0 Å². The summed E-state index contributed by atoms with van der Waals surface area (Å²) in [6.07, 6.45) is 5.32. The largest absolute Gasteiger partial charge is 0.392 e. The molecule has 0 saturated carbocycles. The van der Waals surface area contributed by atoms with Crippen molar-refractivity contribution in [1.82, 2.24) is 4.90 Å². The van der Waals surface area contributed by atoms with Gasteiger partial charge < -0.3 is 10.6 Å². The maximum Gasteiger partial charge on any atom is 0.235 e. The fraction of sp³-hybridized carbons (Fsp3) is 0.867. The van der Waals surface area contributed by atoms with Crippen molar-refractivity contribution in [2.24, 2.45) is 11.1 Å². The molecule has 0 spiro atoms. The number of thiocarbonyl (C=S) groups is 1. The lowest BCUT2D eigenvalue weighted by Crippen LogP contribution is -2.51. The molecule has 0 fully saturated rings. The number of hydrogen-bond acceptors (Lipinski definition) is 2. The molecule has 0 rings (SSSR count). The minimum atomic E-state index is -0.622. The van der Waals surface area contributed by atoms with Crippen LogP contribution >= 0.6 is 12.2 Å². The second kappa shape index (κ2) is 9.29. The topological polar surface area (TPSA) is 46.3 Å². The van der Waals surface area contributed by atoms with E-state index in [1.165, 1.54) is 0 Å². The fourth-order valence-electron chi connectivity index (χ4n) is 2.70. The van der Waals surface area contributed by atoms with Crippen LogP contribution in [0.5, 0.6) is 0 Å². The number of carbonyl (C=O) groups is 1. The molecule has 0 radical (unpaired) electrons. The predicted octanol–water partition coefficient (Wildman–Crippen LogP) is 3.51. The highest BCUT2D eigenvalue weighted by molar-refractivity contribution is 7.80. The third kappa shape index (κ3) is 4.75. The van der Waals surface area contributed by atoms with Crippen LogP contribution in [-0.2, 0) is 4.79 Å². The van der Waals surface area contributed by atoms with Gasteiger partial charge in [-0.05, 0) is 25.7 Å². The minimum Gasteiger partial charge on any atom is -0.392 e. The summed E-state index contributed by atoms with van der Waals surface area (Å²) in [4.78, 5) is 15.2. The first-order chi connectivity index (χ1) is 8.99. The lowest BCUT2D eigenvalue weighted by Gasteiger charge is -2.36. The van der Waals surface area contributed by atoms with Gasteiger partial charge in [0.05, 0.1) is 10.4 Å². The number of hydrogen-bond donors (Lipinski definition) is 1. The molecule has 0 saturated heterocycles. The Bertz CT molecular complexity index is 280. The molecule has 0 aliphatic heterocycles. The quantitative estimate of drug-likeness (QED) is 0.625. The lowest BCUT2D eigenvalue weighted by molar-refractivity contribution is -0.139. The van der Waals surface area contributed by atoms with Crippen LogP contribution in [0.1, 0.15) is 66.2 Å². The predicted molar refractivity (Wildman–Crippen MR) is 86.2 cm³/mol. The van der Waals surface area contributed by atoms with E-state index in [1.807, 2.05) is 4.90 Å². The van der Waals surface area contributed by atoms with Gasteiger partial charge in [0.2, 0.25) is 5.91 Å². The summed E-state index contributed by atoms with van der Waals surface area (Å²) < 4.78 is 0. The second-order valence-electron chi connectivity index (χ2n) is 5.24. The summed E-state index contributed by atoms with van der Waals surface area (Å²) in [6, 6.07) is 0. The average Bonchev–Trinajstić information content (AvgIpc) is 2.37. The fourth-order valence-corrected chi connectivity index (χ4v) is 2.99. The molecule has 0 aromatic heterocycles. The van der Waals surface area contributed by atoms with Gasteiger partial charge in [0, 0.05) is 13.1 Å². The van der Waals surface area contributed by atoms with Crippen LogP contribution in [0, 0.1) is 5.41 Å². The van der Waals surface area contributed by atoms with Crippen LogP contribution in [0.25, 0.3) is 0 Å². The van der Waals surface area contributed by atoms with Crippen LogP contribution in [0.3, 0.4) is 0 Å². The lowest BCUT2D eigenvalue weighted by atomic mass is 9.77. The normalized spacial score (nSPS) is 11.4. The van der Waals surface area contributed by atoms with Gasteiger partial charge in [-0.3, -0.25) is 4.79 Å². The molecule has 19 heavy (non-hydrogen) atoms. The smallest absolute Gasteiger partial charge is 0.235 e. The molecular weight excluding hydrogens is 256 g/mol. The summed E-state index contributed by atoms with van der Waals surface area (Å²) in [5, 5.41) is 0. The minimum absolute atomic E-state index is 0.146. The zero-order valence-electron chi connectivity index (χ0n) is 13.0. The Kier molecular flexibility index (Phi) is 8.98. The second-order valence-corrected chi connectivity index (χ2v) is 5.68. The Labute approximate surface area is 123 Å². The molecule has 2 N–H and O–H groups in total. The molecule has 0 aromatic rings. The van der Waals surface area contributed by atoms with Gasteiger partial charge in [-0.2, -0.15) is 0 Å². The van der Waals surface area contributed by atoms with E-state index < -0.39 is 5.41 Å². The van der Waals surface area contributed by atoms with E-state index >= 15 is 0 Å². The highest BCUT2D eigenvalue weighted by Gasteiger charge is 2.42. The molecule has 0 heterocycles. The SMILES string of the molecule is CCCN(CCC)C(=O)C(CCC)(CCC)C(N)=S. The highest BCUT2D eigenvalue weighted by Crippen LogP contribution is 2.33. The van der Waals surface area contributed by atoms with Gasteiger partial charge in [-0.15, -0.1) is 0 Å². The zero-order chi connectivity index (χ0) is 14.9. The zero-order valence-corrected chi connectivity index (χ0v) is 13.8. The van der Waals surface area contributed by atoms with Crippen molar-refractivity contribution in [1.29, 1.82) is 0 Å². The first-order valence-electron chi connectivity index (χ1n) is 7.59. The summed E-state index contributed by atoms with van der Waals surface area (Å²) in [6.45, 7) is 9.95. The Morgan fingerprint density at radius 2 is 1.42 bits per heavy atom. The van der Waals surface area contributed by atoms with Crippen molar-refractivity contribution in [3.8, 4) is 0 Å². The number of carbonyl (C=O) groups excluding carboxylic acids is 1. The Morgan fingerprint density at radius 1 is 1.00 bits per heavy atom. The van der Waals surface area contributed by atoms with Crippen LogP contribution in [0.4, 0.5) is 0 Å². The first-order valence-corrected chi connectivity index (χ1v) is 8.00. The summed E-state index contributed by atoms with van der Waals surface area (Å²) in [5.74, 6) is 0.146. The highest BCUT2D eigenvalue weighted by atomic mass is 32.1. The van der Waals surface area contributed by atoms with Crippen molar-refractivity contribution in [2.45, 2.75) is 66.2 Å². The molecule has 0 aromatic carbocycles. The molecule has 3 nitrogen and oxygen atoms in total. The van der Waals surface area contributed by atoms with E-state index in [-0.39, 0.29) is 5.91 Å². The maximum atomic E-state index is 12.9. The number of rotatable bonds is 10. The number of amides is 1. The molecule has 4 heteroatoms. The van der Waals surface area contributed by atoms with Gasteiger partial charge in [0.1, 0.15) is 0 Å². The first kappa shape index (κ1) is 18.4. The monoisotopic (exact) mass is 286 g/mol. The van der Waals surface area contributed by atoms with Crippen molar-refractivity contribution >= 4 is 23.1 Å². The number of nitrogens with two attached hydrogens (primary N) is 1. The van der Waals surface area contributed by atoms with Gasteiger partial charge in [-0.25, -0.2) is 0 Å². The van der Waals surface area contributed by atoms with Crippen LogP contribution in [0.15, 0.2) is 0 Å². The average molecular weight is 286 g/mol. The molecule has 1 amide bonds. The Hall–Kier alpha value is -0.640. The van der Waals surface area contributed by atoms with Crippen LogP contribution < -0.4 is 5.73 Å². The van der Waals surface area contributed by atoms with Gasteiger partial charge in [0.15, 0.2) is 0 Å². The molecule has 0 aliphatic rings. The summed E-state index contributed by atoms with van der Waals surface area (Å²) in [7, 11) is 0. The van der Waals surface area contributed by atoms with Crippen molar-refractivity contribution in [3.63, 3.8) is 0 Å². The van der Waals surface area contributed by atoms with Crippen molar-refractivity contribution in [3.05, 3.63) is 0 Å². The van der Waals surface area contributed by atoms with Gasteiger partial charge in [0.25, 0.3) is 0 Å². The maximum absolute atomic E-state index is 12.9. The van der Waals surface area contributed by atoms with Crippen LogP contribution in [0.2, 0.25) is 0 Å². The van der Waals surface area contributed by atoms with Crippen molar-refractivity contribution in [2.75, 3.05) is 13.1 Å². The summed E-state index contributed by atoms with van der Waals surface area (Å²) in [5.41, 5.74) is 5.34. The molecule has 0 bridgehead atoms. The van der Waals surface area contributed by atoms with Crippen LogP contribution in [-0.4, -0.2) is 28.9 Å². The third-order valence-corrected chi connectivity index (χ3v) is 3.90. The molecule has 0 atom stereocenters. The molecule has 0 unspecified atom stereocenters. The van der Waals surface area contributed by atoms with E-state index in [1.54, 1.807) is 0 Å². The third-order valence-electron chi connectivity index (χ3n) is 3.51. The van der Waals surface area contributed by atoms with Gasteiger partial charge in [-0.1, -0.05) is 52.8 Å². The Balaban J connectivity index is 5.29. The van der Waals surface area contributed by atoms with E-state index in [9.17, 15) is 4.79 Å². The molecular formula is C15H30N2OS. The van der Waals surface area contributed by atoms with E-state index in [2.05, 4.69) is 27.7 Å². The summed E-state index contributed by atoms with van der Waals surface area (Å²) >= 11 is 5.25. The standard InChI is InChI=1S/C15H30N2OS/c1-5-9-15(10-6-2,13(16)19)14(18)17(11-7-3)12-8-4/h5-12H2,1-4H3,(H2,16,19). The molecule has 112 valence electrons. The number of nitrogens with zero attached hydrogens (tertiary/aromatic N) is 1. The van der Waals surface area contributed by atoms with E-state index in [0.29, 0.717) is 4.99 Å². The van der Waals surface area contributed by atoms with Crippen molar-refractivity contribution < 1.29 is 4.79 Å². The molecule has 0 aliphatic carbocycles.